The molecule has 4 rings (SSSR count). The van der Waals surface area contributed by atoms with Gasteiger partial charge in [0.25, 0.3) is 5.91 Å². The van der Waals surface area contributed by atoms with Gasteiger partial charge >= 0.3 is 12.2 Å². The maximum atomic E-state index is 13.5. The third kappa shape index (κ3) is 5.45. The lowest BCUT2D eigenvalue weighted by Gasteiger charge is -2.36. The third-order valence-corrected chi connectivity index (χ3v) is 5.60. The van der Waals surface area contributed by atoms with Crippen LogP contribution in [0, 0.1) is 0 Å². The van der Waals surface area contributed by atoms with Crippen LogP contribution < -0.4 is 25.2 Å². The molecule has 13 heteroatoms. The number of hydrogen-bond donors (Lipinski definition) is 3. The standard InChI is InChI=1S/C25H23F3N6O4/c1-14(35)12-34-21-16(11-30-23(29-2)32-21)13-33(24(34)37)19-8-18(9-20(10-19)38-3)31-22(36)15-5-4-6-17(7-15)25(26,27)28/h4-11,35H,1,12-13H2,2-3H3,(H,31,36)(H,29,30,32). The topological polar surface area (TPSA) is 120 Å². The second-order valence-electron chi connectivity index (χ2n) is 8.27. The van der Waals surface area contributed by atoms with Crippen LogP contribution >= 0.6 is 0 Å². The molecule has 0 spiro atoms. The highest BCUT2D eigenvalue weighted by molar-refractivity contribution is 6.07. The average molecular weight is 528 g/mol. The van der Waals surface area contributed by atoms with Crippen molar-refractivity contribution >= 4 is 35.1 Å². The minimum absolute atomic E-state index is 0.0563. The number of carbonyl (C=O) groups excluding carboxylic acids is 2. The van der Waals surface area contributed by atoms with Crippen LogP contribution in [0.1, 0.15) is 21.5 Å². The van der Waals surface area contributed by atoms with Crippen molar-refractivity contribution in [3.8, 4) is 5.75 Å². The predicted molar refractivity (Wildman–Crippen MR) is 135 cm³/mol. The summed E-state index contributed by atoms with van der Waals surface area (Å²) in [6, 6.07) is 7.98. The number of halogens is 3. The molecule has 2 aromatic carbocycles. The van der Waals surface area contributed by atoms with E-state index < -0.39 is 23.7 Å². The van der Waals surface area contributed by atoms with Gasteiger partial charge in [0.05, 0.1) is 31.5 Å². The van der Waals surface area contributed by atoms with Crippen molar-refractivity contribution in [1.82, 2.24) is 9.97 Å². The Hall–Kier alpha value is -4.81. The summed E-state index contributed by atoms with van der Waals surface area (Å²) in [6.45, 7) is 3.29. The molecule has 2 heterocycles. The first kappa shape index (κ1) is 26.3. The van der Waals surface area contributed by atoms with Crippen LogP contribution in [-0.2, 0) is 12.7 Å². The molecule has 1 aliphatic rings. The first-order chi connectivity index (χ1) is 18.0. The molecule has 0 aliphatic carbocycles. The number of carbonyl (C=O) groups is 2. The number of nitrogens with one attached hydrogen (secondary N) is 2. The first-order valence-electron chi connectivity index (χ1n) is 11.2. The number of fused-ring (bicyclic) bond motifs is 1. The number of aliphatic hydroxyl groups is 1. The Labute approximate surface area is 215 Å². The Morgan fingerprint density at radius 1 is 1.24 bits per heavy atom. The zero-order chi connectivity index (χ0) is 27.6. The van der Waals surface area contributed by atoms with E-state index in [-0.39, 0.29) is 41.8 Å². The largest absolute Gasteiger partial charge is 0.511 e. The molecule has 3 amide bonds. The fraction of sp³-hybridized carbons (Fsp3) is 0.200. The molecule has 0 atom stereocenters. The van der Waals surface area contributed by atoms with Gasteiger partial charge in [-0.3, -0.25) is 14.6 Å². The van der Waals surface area contributed by atoms with Gasteiger partial charge in [-0.1, -0.05) is 12.6 Å². The van der Waals surface area contributed by atoms with Crippen LogP contribution in [-0.4, -0.2) is 47.7 Å². The second-order valence-corrected chi connectivity index (χ2v) is 8.27. The molecule has 3 aromatic rings. The highest BCUT2D eigenvalue weighted by atomic mass is 19.4. The molecule has 1 aromatic heterocycles. The maximum absolute atomic E-state index is 13.5. The van der Waals surface area contributed by atoms with Crippen molar-refractivity contribution in [1.29, 1.82) is 0 Å². The molecular weight excluding hydrogens is 505 g/mol. The summed E-state index contributed by atoms with van der Waals surface area (Å²) in [6.07, 6.45) is -3.06. The molecule has 10 nitrogen and oxygen atoms in total. The Bertz CT molecular complexity index is 1410. The van der Waals surface area contributed by atoms with E-state index in [2.05, 4.69) is 27.2 Å². The molecule has 3 N–H and O–H groups in total. The number of anilines is 4. The van der Waals surface area contributed by atoms with E-state index in [1.54, 1.807) is 13.1 Å². The van der Waals surface area contributed by atoms with E-state index in [9.17, 15) is 27.9 Å². The first-order valence-corrected chi connectivity index (χ1v) is 11.2. The van der Waals surface area contributed by atoms with Gasteiger partial charge in [-0.25, -0.2) is 9.78 Å². The number of hydrogen-bond acceptors (Lipinski definition) is 7. The quantitative estimate of drug-likeness (QED) is 0.376. The smallest absolute Gasteiger partial charge is 0.416 e. The Morgan fingerprint density at radius 2 is 2.00 bits per heavy atom. The van der Waals surface area contributed by atoms with Crippen LogP contribution in [0.25, 0.3) is 0 Å². The van der Waals surface area contributed by atoms with Crippen LogP contribution in [0.4, 0.5) is 41.1 Å². The molecule has 0 bridgehead atoms. The summed E-state index contributed by atoms with van der Waals surface area (Å²) in [7, 11) is 3.01. The molecule has 0 radical (unpaired) electrons. The lowest BCUT2D eigenvalue weighted by Crippen LogP contribution is -2.48. The van der Waals surface area contributed by atoms with Gasteiger partial charge in [-0.15, -0.1) is 0 Å². The minimum Gasteiger partial charge on any atom is -0.511 e. The fourth-order valence-electron chi connectivity index (χ4n) is 3.83. The van der Waals surface area contributed by atoms with E-state index in [4.69, 9.17) is 4.74 Å². The molecular formula is C25H23F3N6O4. The minimum atomic E-state index is -4.60. The molecule has 0 fully saturated rings. The van der Waals surface area contributed by atoms with Gasteiger partial charge in [0.2, 0.25) is 5.95 Å². The van der Waals surface area contributed by atoms with Crippen molar-refractivity contribution < 1.29 is 32.6 Å². The van der Waals surface area contributed by atoms with Gasteiger partial charge in [-0.2, -0.15) is 18.2 Å². The Balaban J connectivity index is 1.69. The van der Waals surface area contributed by atoms with E-state index in [0.717, 1.165) is 18.2 Å². The number of aromatic nitrogens is 2. The summed E-state index contributed by atoms with van der Waals surface area (Å²) in [5, 5.41) is 15.2. The Kier molecular flexibility index (Phi) is 7.10. The number of aliphatic hydroxyl groups excluding tert-OH is 1. The molecule has 0 unspecified atom stereocenters. The number of amides is 3. The van der Waals surface area contributed by atoms with Crippen LogP contribution in [0.5, 0.6) is 5.75 Å². The van der Waals surface area contributed by atoms with Crippen LogP contribution in [0.2, 0.25) is 0 Å². The molecule has 38 heavy (non-hydrogen) atoms. The van der Waals surface area contributed by atoms with E-state index in [1.165, 1.54) is 41.3 Å². The van der Waals surface area contributed by atoms with Crippen LogP contribution in [0.3, 0.4) is 0 Å². The maximum Gasteiger partial charge on any atom is 0.416 e. The van der Waals surface area contributed by atoms with E-state index >= 15 is 0 Å². The van der Waals surface area contributed by atoms with Gasteiger partial charge in [-0.05, 0) is 24.3 Å². The summed E-state index contributed by atoms with van der Waals surface area (Å²) in [4.78, 5) is 37.4. The Morgan fingerprint density at radius 3 is 2.66 bits per heavy atom. The molecule has 1 aliphatic heterocycles. The highest BCUT2D eigenvalue weighted by Gasteiger charge is 2.34. The van der Waals surface area contributed by atoms with Gasteiger partial charge in [0, 0.05) is 42.2 Å². The summed E-state index contributed by atoms with van der Waals surface area (Å²) in [5.74, 6) is -0.200. The zero-order valence-electron chi connectivity index (χ0n) is 20.3. The monoisotopic (exact) mass is 528 g/mol. The third-order valence-electron chi connectivity index (χ3n) is 5.60. The molecule has 198 valence electrons. The van der Waals surface area contributed by atoms with Gasteiger partial charge < -0.3 is 20.5 Å². The van der Waals surface area contributed by atoms with Crippen molar-refractivity contribution in [2.45, 2.75) is 12.7 Å². The van der Waals surface area contributed by atoms with Crippen molar-refractivity contribution in [3.63, 3.8) is 0 Å². The number of benzene rings is 2. The van der Waals surface area contributed by atoms with Crippen molar-refractivity contribution in [3.05, 3.63) is 77.7 Å². The predicted octanol–water partition coefficient (Wildman–Crippen LogP) is 4.82. The summed E-state index contributed by atoms with van der Waals surface area (Å²) < 4.78 is 44.6. The molecule has 0 saturated heterocycles. The molecule has 0 saturated carbocycles. The normalized spacial score (nSPS) is 13.1. The van der Waals surface area contributed by atoms with Crippen molar-refractivity contribution in [2.24, 2.45) is 0 Å². The second kappa shape index (κ2) is 10.3. The fourth-order valence-corrected chi connectivity index (χ4v) is 3.83. The van der Waals surface area contributed by atoms with Crippen molar-refractivity contribution in [2.75, 3.05) is 41.1 Å². The van der Waals surface area contributed by atoms with Crippen LogP contribution in [0.15, 0.2) is 61.0 Å². The number of alkyl halides is 3. The lowest BCUT2D eigenvalue weighted by atomic mass is 10.1. The number of nitrogens with zero attached hydrogens (tertiary/aromatic N) is 4. The SMILES string of the molecule is C=C(O)CN1C(=O)N(c2cc(NC(=O)c3cccc(C(F)(F)F)c3)cc(OC)c2)Cc2cnc(NC)nc21. The lowest BCUT2D eigenvalue weighted by molar-refractivity contribution is -0.137. The number of ether oxygens (including phenoxy) is 1. The van der Waals surface area contributed by atoms with E-state index in [1.807, 2.05) is 0 Å². The zero-order valence-corrected chi connectivity index (χ0v) is 20.3. The highest BCUT2D eigenvalue weighted by Crippen LogP contribution is 2.35. The van der Waals surface area contributed by atoms with Gasteiger partial charge in [0.15, 0.2) is 0 Å². The van der Waals surface area contributed by atoms with Gasteiger partial charge in [0.1, 0.15) is 17.3 Å². The number of methoxy groups -OCH3 is 1. The summed E-state index contributed by atoms with van der Waals surface area (Å²) in [5.41, 5.74) is -0.0892. The number of rotatable bonds is 7. The summed E-state index contributed by atoms with van der Waals surface area (Å²) >= 11 is 0. The number of urea groups is 1. The van der Waals surface area contributed by atoms with E-state index in [0.29, 0.717) is 17.1 Å². The average Bonchev–Trinajstić information content (AvgIpc) is 2.89.